The average molecular weight is 431 g/mol. The molecule has 160 valence electrons. The molecule has 0 amide bonds. The number of hydrogen-bond donors (Lipinski definition) is 0. The highest BCUT2D eigenvalue weighted by atomic mass is 19.4. The van der Waals surface area contributed by atoms with Crippen LogP contribution >= 0.6 is 0 Å². The maximum absolute atomic E-state index is 14.6. The molecule has 0 N–H and O–H groups in total. The standard InChI is InChI=1S/C22H17F4N3O2/c1-28-19-15(23)9-14-16(30)10-17(31-20(14)18(19)27-21(28)22(24,25)26)13-5-3-12(4-6-13)11-29-7-2-8-29/h3-6,9-10H,2,7-8,11H2,1H3. The van der Waals surface area contributed by atoms with E-state index in [0.717, 1.165) is 38.3 Å². The molecule has 31 heavy (non-hydrogen) atoms. The van der Waals surface area contributed by atoms with E-state index in [4.69, 9.17) is 4.42 Å². The fourth-order valence-electron chi connectivity index (χ4n) is 3.91. The van der Waals surface area contributed by atoms with Crippen molar-refractivity contribution in [1.29, 1.82) is 0 Å². The van der Waals surface area contributed by atoms with Crippen molar-refractivity contribution in [2.24, 2.45) is 7.05 Å². The van der Waals surface area contributed by atoms with E-state index in [1.807, 2.05) is 12.1 Å². The summed E-state index contributed by atoms with van der Waals surface area (Å²) in [4.78, 5) is 18.5. The minimum absolute atomic E-state index is 0.157. The fraction of sp³-hybridized carbons (Fsp3) is 0.273. The molecule has 0 radical (unpaired) electrons. The first kappa shape index (κ1) is 19.7. The Labute approximate surface area is 173 Å². The lowest BCUT2D eigenvalue weighted by molar-refractivity contribution is -0.146. The summed E-state index contributed by atoms with van der Waals surface area (Å²) in [7, 11) is 1.08. The van der Waals surface area contributed by atoms with Crippen molar-refractivity contribution in [1.82, 2.24) is 14.5 Å². The third kappa shape index (κ3) is 3.29. The molecule has 1 aliphatic rings. The Kier molecular flexibility index (Phi) is 4.40. The van der Waals surface area contributed by atoms with Crippen LogP contribution < -0.4 is 5.43 Å². The van der Waals surface area contributed by atoms with Crippen LogP contribution in [0, 0.1) is 5.82 Å². The fourth-order valence-corrected chi connectivity index (χ4v) is 3.91. The molecule has 3 heterocycles. The van der Waals surface area contributed by atoms with Gasteiger partial charge < -0.3 is 8.98 Å². The van der Waals surface area contributed by atoms with Gasteiger partial charge in [-0.15, -0.1) is 0 Å². The molecule has 2 aromatic carbocycles. The molecule has 1 saturated heterocycles. The number of halogens is 4. The number of benzene rings is 2. The van der Waals surface area contributed by atoms with E-state index in [1.165, 1.54) is 12.5 Å². The second kappa shape index (κ2) is 6.91. The van der Waals surface area contributed by atoms with E-state index < -0.39 is 23.2 Å². The van der Waals surface area contributed by atoms with Crippen molar-refractivity contribution in [3.05, 3.63) is 63.8 Å². The van der Waals surface area contributed by atoms with E-state index in [0.29, 0.717) is 10.1 Å². The van der Waals surface area contributed by atoms with E-state index in [1.54, 1.807) is 12.1 Å². The van der Waals surface area contributed by atoms with Crippen LogP contribution in [-0.2, 0) is 19.8 Å². The number of imidazole rings is 1. The Morgan fingerprint density at radius 3 is 2.45 bits per heavy atom. The summed E-state index contributed by atoms with van der Waals surface area (Å²) in [6, 6.07) is 9.53. The van der Waals surface area contributed by atoms with Crippen molar-refractivity contribution < 1.29 is 22.0 Å². The van der Waals surface area contributed by atoms with Crippen LogP contribution in [-0.4, -0.2) is 27.5 Å². The predicted octanol–water partition coefficient (Wildman–Crippen LogP) is 4.71. The SMILES string of the molecule is Cn1c(C(F)(F)F)nc2c3oc(-c4ccc(CN5CCC5)cc4)cc(=O)c3cc(F)c21. The van der Waals surface area contributed by atoms with Gasteiger partial charge in [0.1, 0.15) is 22.6 Å². The third-order valence-corrected chi connectivity index (χ3v) is 5.64. The van der Waals surface area contributed by atoms with Gasteiger partial charge in [0.25, 0.3) is 0 Å². The summed E-state index contributed by atoms with van der Waals surface area (Å²) in [5, 5.41) is -0.157. The lowest BCUT2D eigenvalue weighted by Gasteiger charge is -2.30. The van der Waals surface area contributed by atoms with Crippen LogP contribution in [0.1, 0.15) is 17.8 Å². The molecule has 5 rings (SSSR count). The highest BCUT2D eigenvalue weighted by Gasteiger charge is 2.38. The number of rotatable bonds is 3. The number of aromatic nitrogens is 2. The maximum Gasteiger partial charge on any atom is 0.449 e. The zero-order chi connectivity index (χ0) is 21.9. The van der Waals surface area contributed by atoms with Crippen LogP contribution in [0.4, 0.5) is 17.6 Å². The smallest absolute Gasteiger partial charge is 0.449 e. The lowest BCUT2D eigenvalue weighted by atomic mass is 10.1. The molecule has 9 heteroatoms. The van der Waals surface area contributed by atoms with Gasteiger partial charge in [-0.05, 0) is 31.1 Å². The topological polar surface area (TPSA) is 51.3 Å². The van der Waals surface area contributed by atoms with Gasteiger partial charge in [0, 0.05) is 25.2 Å². The number of nitrogens with zero attached hydrogens (tertiary/aromatic N) is 3. The molecule has 2 aromatic heterocycles. The number of fused-ring (bicyclic) bond motifs is 3. The predicted molar refractivity (Wildman–Crippen MR) is 107 cm³/mol. The lowest BCUT2D eigenvalue weighted by Crippen LogP contribution is -2.36. The first-order chi connectivity index (χ1) is 14.7. The highest BCUT2D eigenvalue weighted by Crippen LogP contribution is 2.35. The number of aryl methyl sites for hydroxylation is 1. The minimum atomic E-state index is -4.78. The van der Waals surface area contributed by atoms with Gasteiger partial charge >= 0.3 is 6.18 Å². The van der Waals surface area contributed by atoms with Crippen molar-refractivity contribution >= 4 is 22.0 Å². The molecule has 0 unspecified atom stereocenters. The molecule has 0 atom stereocenters. The minimum Gasteiger partial charge on any atom is -0.453 e. The van der Waals surface area contributed by atoms with Gasteiger partial charge in [-0.25, -0.2) is 9.37 Å². The van der Waals surface area contributed by atoms with Crippen LogP contribution in [0.25, 0.3) is 33.3 Å². The normalized spacial score (nSPS) is 15.0. The van der Waals surface area contributed by atoms with E-state index in [9.17, 15) is 22.4 Å². The number of alkyl halides is 3. The summed E-state index contributed by atoms with van der Waals surface area (Å²) in [6.45, 7) is 2.96. The third-order valence-electron chi connectivity index (χ3n) is 5.64. The highest BCUT2D eigenvalue weighted by molar-refractivity contribution is 6.01. The van der Waals surface area contributed by atoms with Gasteiger partial charge in [0.2, 0.25) is 5.82 Å². The van der Waals surface area contributed by atoms with E-state index in [2.05, 4.69) is 9.88 Å². The second-order valence-corrected chi connectivity index (χ2v) is 7.73. The second-order valence-electron chi connectivity index (χ2n) is 7.73. The molecule has 4 aromatic rings. The van der Waals surface area contributed by atoms with Crippen LogP contribution in [0.5, 0.6) is 0 Å². The summed E-state index contributed by atoms with van der Waals surface area (Å²) < 4.78 is 60.9. The molecule has 0 spiro atoms. The molecule has 5 nitrogen and oxygen atoms in total. The van der Waals surface area contributed by atoms with E-state index >= 15 is 0 Å². The van der Waals surface area contributed by atoms with Crippen LogP contribution in [0.3, 0.4) is 0 Å². The largest absolute Gasteiger partial charge is 0.453 e. The molecule has 0 bridgehead atoms. The van der Waals surface area contributed by atoms with Crippen molar-refractivity contribution in [3.63, 3.8) is 0 Å². The number of likely N-dealkylation sites (tertiary alicyclic amines) is 1. The van der Waals surface area contributed by atoms with Crippen molar-refractivity contribution in [2.45, 2.75) is 19.1 Å². The Hall–Kier alpha value is -3.20. The summed E-state index contributed by atoms with van der Waals surface area (Å²) in [5.41, 5.74) is 0.269. The van der Waals surface area contributed by atoms with Crippen LogP contribution in [0.15, 0.2) is 45.6 Å². The van der Waals surface area contributed by atoms with Gasteiger partial charge in [-0.2, -0.15) is 13.2 Å². The zero-order valence-corrected chi connectivity index (χ0v) is 16.5. The van der Waals surface area contributed by atoms with Gasteiger partial charge in [-0.1, -0.05) is 24.3 Å². The number of hydrogen-bond acceptors (Lipinski definition) is 4. The monoisotopic (exact) mass is 431 g/mol. The van der Waals surface area contributed by atoms with Crippen molar-refractivity contribution in [3.8, 4) is 11.3 Å². The van der Waals surface area contributed by atoms with Gasteiger partial charge in [0.05, 0.1) is 5.39 Å². The Morgan fingerprint density at radius 1 is 1.13 bits per heavy atom. The van der Waals surface area contributed by atoms with Gasteiger partial charge in [0.15, 0.2) is 11.0 Å². The Bertz CT molecular complexity index is 1370. The average Bonchev–Trinajstić information content (AvgIpc) is 3.05. The first-order valence-corrected chi connectivity index (χ1v) is 9.74. The van der Waals surface area contributed by atoms with E-state index in [-0.39, 0.29) is 27.8 Å². The molecule has 0 saturated carbocycles. The van der Waals surface area contributed by atoms with Crippen LogP contribution in [0.2, 0.25) is 0 Å². The first-order valence-electron chi connectivity index (χ1n) is 9.74. The molecule has 1 aliphatic heterocycles. The maximum atomic E-state index is 14.6. The van der Waals surface area contributed by atoms with Crippen molar-refractivity contribution in [2.75, 3.05) is 13.1 Å². The zero-order valence-electron chi connectivity index (χ0n) is 16.5. The summed E-state index contributed by atoms with van der Waals surface area (Å²) in [6.07, 6.45) is -3.59. The summed E-state index contributed by atoms with van der Waals surface area (Å²) in [5.74, 6) is -2.05. The Balaban J connectivity index is 1.66. The molecule has 1 fully saturated rings. The molecule has 0 aliphatic carbocycles. The molecular weight excluding hydrogens is 414 g/mol. The molecular formula is C22H17F4N3O2. The quantitative estimate of drug-likeness (QED) is 0.441. The summed E-state index contributed by atoms with van der Waals surface area (Å²) >= 11 is 0. The van der Waals surface area contributed by atoms with Gasteiger partial charge in [-0.3, -0.25) is 9.69 Å². The Morgan fingerprint density at radius 2 is 1.84 bits per heavy atom.